The summed E-state index contributed by atoms with van der Waals surface area (Å²) in [4.78, 5) is 51.0. The second kappa shape index (κ2) is 13.8. The third kappa shape index (κ3) is 7.34. The van der Waals surface area contributed by atoms with E-state index >= 15 is 0 Å². The van der Waals surface area contributed by atoms with Crippen molar-refractivity contribution < 1.29 is 28.7 Å². The Labute approximate surface area is 242 Å². The predicted molar refractivity (Wildman–Crippen MR) is 156 cm³/mol. The summed E-state index contributed by atoms with van der Waals surface area (Å²) in [6, 6.07) is 7.02. The summed E-state index contributed by atoms with van der Waals surface area (Å²) < 4.78 is 10.5. The number of nitrogens with zero attached hydrogens (tertiary/aromatic N) is 1. The summed E-state index contributed by atoms with van der Waals surface area (Å²) in [6.45, 7) is 12.5. The largest absolute Gasteiger partial charge is 0.464 e. The van der Waals surface area contributed by atoms with Crippen molar-refractivity contribution in [2.45, 2.75) is 39.5 Å². The SMILES string of the molecule is C=CC1CC(/C=C\C2CC(C=C)C(COC(=O)NCCOC(=O)C(C)C)C2)C(CN2C(=O)c3ccccc3C2=O)C1. The molecule has 41 heavy (non-hydrogen) atoms. The van der Waals surface area contributed by atoms with E-state index in [0.717, 1.165) is 25.7 Å². The third-order valence-corrected chi connectivity index (χ3v) is 8.65. The van der Waals surface area contributed by atoms with Crippen LogP contribution in [0.15, 0.2) is 61.7 Å². The number of amides is 3. The molecule has 0 spiro atoms. The Morgan fingerprint density at radius 1 is 0.927 bits per heavy atom. The van der Waals surface area contributed by atoms with E-state index in [1.807, 2.05) is 12.2 Å². The van der Waals surface area contributed by atoms with Crippen LogP contribution < -0.4 is 5.32 Å². The van der Waals surface area contributed by atoms with Crippen molar-refractivity contribution >= 4 is 23.9 Å². The quantitative estimate of drug-likeness (QED) is 0.158. The Balaban J connectivity index is 1.28. The third-order valence-electron chi connectivity index (χ3n) is 8.65. The molecule has 3 aliphatic rings. The predicted octanol–water partition coefficient (Wildman–Crippen LogP) is 5.42. The van der Waals surface area contributed by atoms with Gasteiger partial charge in [-0.3, -0.25) is 19.3 Å². The highest BCUT2D eigenvalue weighted by atomic mass is 16.6. The lowest BCUT2D eigenvalue weighted by atomic mass is 9.93. The maximum absolute atomic E-state index is 13.0. The monoisotopic (exact) mass is 562 g/mol. The molecule has 6 atom stereocenters. The topological polar surface area (TPSA) is 102 Å². The average molecular weight is 563 g/mol. The van der Waals surface area contributed by atoms with Gasteiger partial charge in [-0.2, -0.15) is 0 Å². The smallest absolute Gasteiger partial charge is 0.407 e. The Kier molecular flexibility index (Phi) is 10.2. The first kappa shape index (κ1) is 30.3. The molecule has 0 aromatic heterocycles. The number of hydrogen-bond donors (Lipinski definition) is 1. The number of esters is 1. The van der Waals surface area contributed by atoms with E-state index in [-0.39, 0.29) is 60.5 Å². The summed E-state index contributed by atoms with van der Waals surface area (Å²) in [5.74, 6) is 0.593. The number of hydrogen-bond acceptors (Lipinski definition) is 6. The van der Waals surface area contributed by atoms with E-state index in [1.54, 1.807) is 38.1 Å². The van der Waals surface area contributed by atoms with Crippen LogP contribution >= 0.6 is 0 Å². The number of fused-ring (bicyclic) bond motifs is 1. The first-order valence-corrected chi connectivity index (χ1v) is 14.7. The molecule has 0 saturated heterocycles. The van der Waals surface area contributed by atoms with Gasteiger partial charge in [0.05, 0.1) is 30.2 Å². The molecule has 2 aliphatic carbocycles. The van der Waals surface area contributed by atoms with Crippen LogP contribution in [0.25, 0.3) is 0 Å². The van der Waals surface area contributed by atoms with Crippen molar-refractivity contribution in [3.8, 4) is 0 Å². The van der Waals surface area contributed by atoms with Crippen LogP contribution in [0.4, 0.5) is 4.79 Å². The minimum Gasteiger partial charge on any atom is -0.464 e. The lowest BCUT2D eigenvalue weighted by Crippen LogP contribution is -2.35. The number of carbonyl (C=O) groups is 4. The highest BCUT2D eigenvalue weighted by molar-refractivity contribution is 6.21. The molecule has 0 bridgehead atoms. The fourth-order valence-electron chi connectivity index (χ4n) is 6.32. The Morgan fingerprint density at radius 2 is 1.59 bits per heavy atom. The maximum Gasteiger partial charge on any atom is 0.407 e. The van der Waals surface area contributed by atoms with Crippen molar-refractivity contribution in [1.82, 2.24) is 10.2 Å². The van der Waals surface area contributed by atoms with Gasteiger partial charge >= 0.3 is 12.1 Å². The molecule has 8 heteroatoms. The summed E-state index contributed by atoms with van der Waals surface area (Å²) in [6.07, 6.45) is 11.6. The second-order valence-corrected chi connectivity index (χ2v) is 11.8. The van der Waals surface area contributed by atoms with Crippen LogP contribution in [-0.2, 0) is 14.3 Å². The number of rotatable bonds is 12. The minimum atomic E-state index is -0.523. The van der Waals surface area contributed by atoms with Gasteiger partial charge in [0.25, 0.3) is 11.8 Å². The number of carbonyl (C=O) groups excluding carboxylic acids is 4. The summed E-state index contributed by atoms with van der Waals surface area (Å²) in [5, 5.41) is 2.63. The summed E-state index contributed by atoms with van der Waals surface area (Å²) in [7, 11) is 0. The van der Waals surface area contributed by atoms with Crippen molar-refractivity contribution in [3.63, 3.8) is 0 Å². The fraction of sp³-hybridized carbons (Fsp3) is 0.515. The van der Waals surface area contributed by atoms with Gasteiger partial charge in [0.1, 0.15) is 6.61 Å². The number of nitrogens with one attached hydrogen (secondary N) is 1. The molecule has 1 heterocycles. The van der Waals surface area contributed by atoms with Gasteiger partial charge in [0, 0.05) is 12.5 Å². The van der Waals surface area contributed by atoms with Crippen LogP contribution in [0.3, 0.4) is 0 Å². The molecule has 3 amide bonds. The van der Waals surface area contributed by atoms with Crippen LogP contribution in [-0.4, -0.2) is 55.1 Å². The zero-order valence-electron chi connectivity index (χ0n) is 24.1. The van der Waals surface area contributed by atoms with Gasteiger partial charge in [0.2, 0.25) is 0 Å². The number of allylic oxidation sites excluding steroid dienone is 4. The molecule has 220 valence electrons. The lowest BCUT2D eigenvalue weighted by molar-refractivity contribution is -0.147. The van der Waals surface area contributed by atoms with E-state index in [1.165, 1.54) is 4.90 Å². The molecule has 1 N–H and O–H groups in total. The van der Waals surface area contributed by atoms with E-state index in [4.69, 9.17) is 9.47 Å². The first-order chi connectivity index (χ1) is 19.7. The Hall–Kier alpha value is -3.68. The second-order valence-electron chi connectivity index (χ2n) is 11.8. The molecular formula is C33H42N2O6. The summed E-state index contributed by atoms with van der Waals surface area (Å²) >= 11 is 0. The Morgan fingerprint density at radius 3 is 2.22 bits per heavy atom. The molecule has 2 fully saturated rings. The van der Waals surface area contributed by atoms with Gasteiger partial charge in [-0.15, -0.1) is 13.2 Å². The van der Waals surface area contributed by atoms with Crippen molar-refractivity contribution in [2.24, 2.45) is 41.4 Å². The molecule has 1 aromatic carbocycles. The van der Waals surface area contributed by atoms with Crippen molar-refractivity contribution in [2.75, 3.05) is 26.3 Å². The zero-order valence-corrected chi connectivity index (χ0v) is 24.1. The van der Waals surface area contributed by atoms with E-state index < -0.39 is 6.09 Å². The molecule has 0 radical (unpaired) electrons. The van der Waals surface area contributed by atoms with Gasteiger partial charge in [-0.05, 0) is 67.4 Å². The highest BCUT2D eigenvalue weighted by Crippen LogP contribution is 2.42. The van der Waals surface area contributed by atoms with Crippen LogP contribution in [0.5, 0.6) is 0 Å². The van der Waals surface area contributed by atoms with E-state index in [9.17, 15) is 19.2 Å². The molecule has 6 unspecified atom stereocenters. The average Bonchev–Trinajstić information content (AvgIpc) is 3.63. The van der Waals surface area contributed by atoms with E-state index in [0.29, 0.717) is 36.1 Å². The minimum absolute atomic E-state index is 0.111. The molecule has 8 nitrogen and oxygen atoms in total. The van der Waals surface area contributed by atoms with Gasteiger partial charge in [0.15, 0.2) is 0 Å². The number of benzene rings is 1. The zero-order chi connectivity index (χ0) is 29.5. The van der Waals surface area contributed by atoms with Gasteiger partial charge in [-0.25, -0.2) is 4.79 Å². The molecule has 2 saturated carbocycles. The van der Waals surface area contributed by atoms with E-state index in [2.05, 4.69) is 30.6 Å². The molecular weight excluding hydrogens is 520 g/mol. The van der Waals surface area contributed by atoms with Crippen LogP contribution in [0, 0.1) is 41.4 Å². The lowest BCUT2D eigenvalue weighted by Gasteiger charge is -2.22. The van der Waals surface area contributed by atoms with Crippen LogP contribution in [0.1, 0.15) is 60.2 Å². The van der Waals surface area contributed by atoms with Crippen molar-refractivity contribution in [1.29, 1.82) is 0 Å². The number of ether oxygens (including phenoxy) is 2. The molecule has 1 aliphatic heterocycles. The fourth-order valence-corrected chi connectivity index (χ4v) is 6.32. The Bertz CT molecular complexity index is 1150. The maximum atomic E-state index is 13.0. The van der Waals surface area contributed by atoms with Crippen molar-refractivity contribution in [3.05, 3.63) is 72.9 Å². The standard InChI is InChI=1S/C33H42N2O6/c1-5-22-15-25(26(16-22)19-35-30(36)28-9-7-8-10-29(28)31(35)37)12-11-23-17-24(6-2)27(18-23)20-41-33(39)34-13-14-40-32(38)21(3)4/h5-12,21-27H,1-2,13-20H2,3-4H3,(H,34,39)/b12-11-. The highest BCUT2D eigenvalue weighted by Gasteiger charge is 2.40. The number of alkyl carbamates (subject to hydrolysis) is 1. The van der Waals surface area contributed by atoms with Gasteiger partial charge < -0.3 is 14.8 Å². The normalized spacial score (nSPS) is 27.3. The first-order valence-electron chi connectivity index (χ1n) is 14.7. The number of imide groups is 1. The van der Waals surface area contributed by atoms with Gasteiger partial charge in [-0.1, -0.05) is 50.3 Å². The molecule has 1 aromatic rings. The summed E-state index contributed by atoms with van der Waals surface area (Å²) in [5.41, 5.74) is 0.974. The molecule has 4 rings (SSSR count). The van der Waals surface area contributed by atoms with Crippen LogP contribution in [0.2, 0.25) is 0 Å².